The van der Waals surface area contributed by atoms with Crippen LogP contribution in [0.3, 0.4) is 0 Å². The van der Waals surface area contributed by atoms with Gasteiger partial charge in [0.05, 0.1) is 6.61 Å². The molecule has 1 aromatic heterocycles. The summed E-state index contributed by atoms with van der Waals surface area (Å²) in [6.07, 6.45) is 2.10. The summed E-state index contributed by atoms with van der Waals surface area (Å²) in [7, 11) is 0. The lowest BCUT2D eigenvalue weighted by Crippen LogP contribution is -2.26. The molecule has 0 spiro atoms. The van der Waals surface area contributed by atoms with Gasteiger partial charge >= 0.3 is 0 Å². The number of hydrogen-bond donors (Lipinski definition) is 3. The van der Waals surface area contributed by atoms with Crippen molar-refractivity contribution < 1.29 is 14.6 Å². The zero-order valence-electron chi connectivity index (χ0n) is 12.2. The van der Waals surface area contributed by atoms with Gasteiger partial charge in [-0.3, -0.25) is 4.79 Å². The molecule has 0 fully saturated rings. The molecule has 0 bridgehead atoms. The molecule has 0 aliphatic carbocycles. The number of aliphatic hydroxyl groups is 1. The maximum absolute atomic E-state index is 11.3. The first-order chi connectivity index (χ1) is 10.1. The molecular weight excluding hydrogens is 341 g/mol. The Balaban J connectivity index is 0.00000242. The third kappa shape index (κ3) is 6.03. The number of hydrogen-bond acceptors (Lipinski definition) is 5. The van der Waals surface area contributed by atoms with Crippen LogP contribution >= 0.6 is 24.8 Å². The molecule has 1 atom stereocenters. The molecule has 5 N–H and O–H groups in total. The summed E-state index contributed by atoms with van der Waals surface area (Å²) in [5, 5.41) is 8.93. The summed E-state index contributed by atoms with van der Waals surface area (Å²) in [6.45, 7) is -0.0614. The molecule has 8 heteroatoms. The van der Waals surface area contributed by atoms with Crippen molar-refractivity contribution in [1.29, 1.82) is 0 Å². The van der Waals surface area contributed by atoms with Crippen LogP contribution in [0.25, 0.3) is 0 Å². The zero-order valence-corrected chi connectivity index (χ0v) is 13.8. The third-order valence-electron chi connectivity index (χ3n) is 2.91. The quantitative estimate of drug-likeness (QED) is 0.726. The molecule has 1 aromatic carbocycles. The standard InChI is InChI=1S/C15H17N3O3.2ClH/c16-11(9-19)8-10-3-5-12(6-4-10)21-15-13(14(17)20)2-1-7-18-15;;/h1-7,11,19H,8-9,16H2,(H2,17,20);2*1H. The van der Waals surface area contributed by atoms with Crippen molar-refractivity contribution in [3.05, 3.63) is 53.7 Å². The van der Waals surface area contributed by atoms with E-state index in [4.69, 9.17) is 21.3 Å². The van der Waals surface area contributed by atoms with Crippen molar-refractivity contribution in [3.8, 4) is 11.6 Å². The van der Waals surface area contributed by atoms with Crippen LogP contribution in [0.15, 0.2) is 42.6 Å². The molecular formula is C15H19Cl2N3O3. The number of primary amides is 1. The normalized spacial score (nSPS) is 10.9. The van der Waals surface area contributed by atoms with Gasteiger partial charge in [0.2, 0.25) is 5.88 Å². The maximum Gasteiger partial charge on any atom is 0.254 e. The monoisotopic (exact) mass is 359 g/mol. The molecule has 0 radical (unpaired) electrons. The highest BCUT2D eigenvalue weighted by Gasteiger charge is 2.11. The van der Waals surface area contributed by atoms with Crippen molar-refractivity contribution in [2.45, 2.75) is 12.5 Å². The van der Waals surface area contributed by atoms with E-state index in [0.29, 0.717) is 12.2 Å². The Morgan fingerprint density at radius 3 is 2.43 bits per heavy atom. The van der Waals surface area contributed by atoms with Crippen molar-refractivity contribution in [1.82, 2.24) is 4.98 Å². The van der Waals surface area contributed by atoms with Gasteiger partial charge < -0.3 is 21.3 Å². The van der Waals surface area contributed by atoms with Gasteiger partial charge in [0.25, 0.3) is 5.91 Å². The highest BCUT2D eigenvalue weighted by atomic mass is 35.5. The lowest BCUT2D eigenvalue weighted by atomic mass is 10.1. The van der Waals surface area contributed by atoms with Gasteiger partial charge in [-0.25, -0.2) is 4.98 Å². The van der Waals surface area contributed by atoms with E-state index in [0.717, 1.165) is 5.56 Å². The second-order valence-corrected chi connectivity index (χ2v) is 4.61. The Kier molecular flexibility index (Phi) is 9.21. The predicted molar refractivity (Wildman–Crippen MR) is 92.5 cm³/mol. The number of nitrogens with two attached hydrogens (primary N) is 2. The fourth-order valence-corrected chi connectivity index (χ4v) is 1.83. The summed E-state index contributed by atoms with van der Waals surface area (Å²) in [4.78, 5) is 15.3. The Hall–Kier alpha value is -1.86. The Morgan fingerprint density at radius 1 is 1.22 bits per heavy atom. The molecule has 1 unspecified atom stereocenters. The first kappa shape index (κ1) is 21.1. The SMILES string of the molecule is Cl.Cl.NC(=O)c1cccnc1Oc1ccc(CC(N)CO)cc1. The predicted octanol–water partition coefficient (Wildman–Crippen LogP) is 1.68. The highest BCUT2D eigenvalue weighted by molar-refractivity contribution is 5.95. The average molecular weight is 360 g/mol. The van der Waals surface area contributed by atoms with Gasteiger partial charge in [-0.2, -0.15) is 0 Å². The maximum atomic E-state index is 11.3. The number of halogens is 2. The number of aliphatic hydroxyl groups excluding tert-OH is 1. The average Bonchev–Trinajstić information content (AvgIpc) is 2.49. The van der Waals surface area contributed by atoms with Gasteiger partial charge in [0.15, 0.2) is 0 Å². The second kappa shape index (κ2) is 10.0. The summed E-state index contributed by atoms with van der Waals surface area (Å²) >= 11 is 0. The van der Waals surface area contributed by atoms with E-state index in [2.05, 4.69) is 4.98 Å². The van der Waals surface area contributed by atoms with E-state index in [9.17, 15) is 4.79 Å². The van der Waals surface area contributed by atoms with Crippen molar-refractivity contribution in [2.75, 3.05) is 6.61 Å². The second-order valence-electron chi connectivity index (χ2n) is 4.61. The summed E-state index contributed by atoms with van der Waals surface area (Å²) in [6, 6.07) is 10.1. The van der Waals surface area contributed by atoms with E-state index in [1.807, 2.05) is 12.1 Å². The summed E-state index contributed by atoms with van der Waals surface area (Å²) in [5.74, 6) is 0.117. The Morgan fingerprint density at radius 2 is 1.87 bits per heavy atom. The van der Waals surface area contributed by atoms with E-state index in [1.54, 1.807) is 24.3 Å². The molecule has 0 aliphatic heterocycles. The van der Waals surface area contributed by atoms with Gasteiger partial charge in [0.1, 0.15) is 11.3 Å². The fraction of sp³-hybridized carbons (Fsp3) is 0.200. The Labute approximate surface area is 146 Å². The molecule has 1 heterocycles. The van der Waals surface area contributed by atoms with E-state index in [1.165, 1.54) is 6.20 Å². The van der Waals surface area contributed by atoms with Gasteiger partial charge in [-0.15, -0.1) is 24.8 Å². The molecule has 2 rings (SSSR count). The van der Waals surface area contributed by atoms with Crippen LogP contribution in [0.1, 0.15) is 15.9 Å². The minimum atomic E-state index is -0.594. The smallest absolute Gasteiger partial charge is 0.254 e. The largest absolute Gasteiger partial charge is 0.438 e. The van der Waals surface area contributed by atoms with Crippen LogP contribution in [-0.4, -0.2) is 28.6 Å². The topological polar surface area (TPSA) is 111 Å². The van der Waals surface area contributed by atoms with Crippen LogP contribution in [-0.2, 0) is 6.42 Å². The lowest BCUT2D eigenvalue weighted by molar-refractivity contribution is 0.0997. The number of pyridine rings is 1. The number of rotatable bonds is 6. The minimum absolute atomic E-state index is 0. The fourth-order valence-electron chi connectivity index (χ4n) is 1.83. The third-order valence-corrected chi connectivity index (χ3v) is 2.91. The number of benzene rings is 1. The molecule has 0 saturated heterocycles. The number of aromatic nitrogens is 1. The van der Waals surface area contributed by atoms with E-state index in [-0.39, 0.29) is 48.9 Å². The molecule has 23 heavy (non-hydrogen) atoms. The Bertz CT molecular complexity index is 624. The van der Waals surface area contributed by atoms with Gasteiger partial charge in [0, 0.05) is 12.2 Å². The first-order valence-corrected chi connectivity index (χ1v) is 6.48. The zero-order chi connectivity index (χ0) is 15.2. The number of carbonyl (C=O) groups is 1. The number of carbonyl (C=O) groups excluding carboxylic acids is 1. The summed E-state index contributed by atoms with van der Waals surface area (Å²) < 4.78 is 5.56. The molecule has 0 aliphatic rings. The molecule has 6 nitrogen and oxygen atoms in total. The van der Waals surface area contributed by atoms with Crippen LogP contribution in [0.5, 0.6) is 11.6 Å². The molecule has 0 saturated carbocycles. The molecule has 1 amide bonds. The number of ether oxygens (including phenoxy) is 1. The van der Waals surface area contributed by atoms with Crippen LogP contribution in [0, 0.1) is 0 Å². The van der Waals surface area contributed by atoms with Crippen molar-refractivity contribution in [3.63, 3.8) is 0 Å². The van der Waals surface area contributed by atoms with Crippen LogP contribution in [0.2, 0.25) is 0 Å². The van der Waals surface area contributed by atoms with Crippen LogP contribution < -0.4 is 16.2 Å². The number of nitrogens with zero attached hydrogens (tertiary/aromatic N) is 1. The minimum Gasteiger partial charge on any atom is -0.438 e. The van der Waals surface area contributed by atoms with E-state index >= 15 is 0 Å². The number of amides is 1. The van der Waals surface area contributed by atoms with Crippen molar-refractivity contribution >= 4 is 30.7 Å². The summed E-state index contributed by atoms with van der Waals surface area (Å²) in [5.41, 5.74) is 12.2. The van der Waals surface area contributed by atoms with Crippen LogP contribution in [0.4, 0.5) is 0 Å². The first-order valence-electron chi connectivity index (χ1n) is 6.48. The van der Waals surface area contributed by atoms with Gasteiger partial charge in [-0.05, 0) is 36.2 Å². The molecule has 2 aromatic rings. The lowest BCUT2D eigenvalue weighted by Gasteiger charge is -2.10. The highest BCUT2D eigenvalue weighted by Crippen LogP contribution is 2.23. The van der Waals surface area contributed by atoms with E-state index < -0.39 is 5.91 Å². The van der Waals surface area contributed by atoms with Crippen molar-refractivity contribution in [2.24, 2.45) is 11.5 Å². The van der Waals surface area contributed by atoms with Gasteiger partial charge in [-0.1, -0.05) is 12.1 Å². The molecule has 126 valence electrons.